The molecule has 6 nitrogen and oxygen atoms in total. The van der Waals surface area contributed by atoms with Crippen molar-refractivity contribution in [1.82, 2.24) is 19.6 Å². The number of benzene rings is 1. The largest absolute Gasteiger partial charge is 0.328 e. The SMILES string of the molecule is O=S(=O)(c1nc2ccccc2[nH]1)N1CCNCC1. The first-order valence-corrected chi connectivity index (χ1v) is 7.27. The zero-order valence-electron chi connectivity index (χ0n) is 9.76. The molecule has 1 aliphatic heterocycles. The van der Waals surface area contributed by atoms with Crippen LogP contribution < -0.4 is 5.32 Å². The molecule has 0 saturated carbocycles. The van der Waals surface area contributed by atoms with Gasteiger partial charge in [0.25, 0.3) is 10.0 Å². The number of piperazine rings is 1. The van der Waals surface area contributed by atoms with Crippen molar-refractivity contribution in [3.05, 3.63) is 24.3 Å². The van der Waals surface area contributed by atoms with Crippen LogP contribution in [0.5, 0.6) is 0 Å². The van der Waals surface area contributed by atoms with Crippen molar-refractivity contribution in [3.63, 3.8) is 0 Å². The summed E-state index contributed by atoms with van der Waals surface area (Å²) in [5.74, 6) is 0. The fourth-order valence-corrected chi connectivity index (χ4v) is 3.42. The Morgan fingerprint density at radius 1 is 1.17 bits per heavy atom. The van der Waals surface area contributed by atoms with E-state index in [9.17, 15) is 8.42 Å². The molecule has 1 aromatic heterocycles. The van der Waals surface area contributed by atoms with E-state index >= 15 is 0 Å². The first-order chi connectivity index (χ1) is 8.68. The first-order valence-electron chi connectivity index (χ1n) is 5.83. The molecule has 7 heteroatoms. The van der Waals surface area contributed by atoms with Gasteiger partial charge in [0, 0.05) is 26.2 Å². The topological polar surface area (TPSA) is 78.1 Å². The number of para-hydroxylation sites is 2. The predicted octanol–water partition coefficient (Wildman–Crippen LogP) is 0.157. The van der Waals surface area contributed by atoms with E-state index in [4.69, 9.17) is 0 Å². The monoisotopic (exact) mass is 266 g/mol. The number of aromatic nitrogens is 2. The smallest absolute Gasteiger partial charge is 0.276 e. The maximum atomic E-state index is 12.4. The molecule has 18 heavy (non-hydrogen) atoms. The molecule has 0 atom stereocenters. The highest BCUT2D eigenvalue weighted by Gasteiger charge is 2.28. The van der Waals surface area contributed by atoms with Crippen LogP contribution in [0, 0.1) is 0 Å². The minimum atomic E-state index is -3.50. The van der Waals surface area contributed by atoms with Crippen LogP contribution in [0.1, 0.15) is 0 Å². The van der Waals surface area contributed by atoms with Gasteiger partial charge in [-0.25, -0.2) is 13.4 Å². The van der Waals surface area contributed by atoms with Gasteiger partial charge in [-0.05, 0) is 12.1 Å². The molecule has 2 N–H and O–H groups in total. The molecule has 0 radical (unpaired) electrons. The van der Waals surface area contributed by atoms with Crippen molar-refractivity contribution in [2.45, 2.75) is 5.16 Å². The quantitative estimate of drug-likeness (QED) is 0.811. The maximum Gasteiger partial charge on any atom is 0.276 e. The zero-order chi connectivity index (χ0) is 12.6. The van der Waals surface area contributed by atoms with E-state index < -0.39 is 10.0 Å². The number of sulfonamides is 1. The van der Waals surface area contributed by atoms with E-state index in [0.29, 0.717) is 31.7 Å². The summed E-state index contributed by atoms with van der Waals surface area (Å²) in [4.78, 5) is 7.03. The summed E-state index contributed by atoms with van der Waals surface area (Å²) in [6, 6.07) is 7.30. The van der Waals surface area contributed by atoms with Gasteiger partial charge < -0.3 is 10.3 Å². The summed E-state index contributed by atoms with van der Waals surface area (Å²) in [6.07, 6.45) is 0. The molecule has 2 heterocycles. The highest BCUT2D eigenvalue weighted by molar-refractivity contribution is 7.89. The van der Waals surface area contributed by atoms with Crippen LogP contribution in [-0.2, 0) is 10.0 Å². The molecule has 2 aromatic rings. The Bertz CT molecular complexity index is 625. The van der Waals surface area contributed by atoms with Crippen molar-refractivity contribution >= 4 is 21.1 Å². The highest BCUT2D eigenvalue weighted by Crippen LogP contribution is 2.17. The van der Waals surface area contributed by atoms with Crippen molar-refractivity contribution in [2.75, 3.05) is 26.2 Å². The third-order valence-electron chi connectivity index (χ3n) is 3.03. The van der Waals surface area contributed by atoms with E-state index in [-0.39, 0.29) is 5.16 Å². The van der Waals surface area contributed by atoms with Crippen LogP contribution in [0.3, 0.4) is 0 Å². The summed E-state index contributed by atoms with van der Waals surface area (Å²) < 4.78 is 26.2. The van der Waals surface area contributed by atoms with Crippen molar-refractivity contribution < 1.29 is 8.42 Å². The van der Waals surface area contributed by atoms with Crippen LogP contribution in [-0.4, -0.2) is 48.9 Å². The Labute approximate surface area is 105 Å². The lowest BCUT2D eigenvalue weighted by Gasteiger charge is -2.25. The minimum absolute atomic E-state index is 0.0330. The van der Waals surface area contributed by atoms with Gasteiger partial charge in [-0.2, -0.15) is 4.31 Å². The lowest BCUT2D eigenvalue weighted by molar-refractivity contribution is 0.358. The molecule has 1 aliphatic rings. The van der Waals surface area contributed by atoms with E-state index in [2.05, 4.69) is 15.3 Å². The van der Waals surface area contributed by atoms with Gasteiger partial charge in [-0.1, -0.05) is 12.1 Å². The molecule has 0 spiro atoms. The van der Waals surface area contributed by atoms with Crippen LogP contribution in [0.4, 0.5) is 0 Å². The van der Waals surface area contributed by atoms with Crippen LogP contribution in [0.2, 0.25) is 0 Å². The van der Waals surface area contributed by atoms with E-state index in [1.165, 1.54) is 4.31 Å². The number of hydrogen-bond acceptors (Lipinski definition) is 4. The van der Waals surface area contributed by atoms with Gasteiger partial charge in [-0.15, -0.1) is 0 Å². The van der Waals surface area contributed by atoms with Gasteiger partial charge in [0.1, 0.15) is 0 Å². The second-order valence-corrected chi connectivity index (χ2v) is 6.07. The number of aromatic amines is 1. The number of fused-ring (bicyclic) bond motifs is 1. The van der Waals surface area contributed by atoms with Gasteiger partial charge >= 0.3 is 0 Å². The Morgan fingerprint density at radius 2 is 1.89 bits per heavy atom. The number of H-pyrrole nitrogens is 1. The Morgan fingerprint density at radius 3 is 2.61 bits per heavy atom. The Balaban J connectivity index is 2.01. The average Bonchev–Trinajstić information content (AvgIpc) is 2.84. The molecule has 0 aliphatic carbocycles. The lowest BCUT2D eigenvalue weighted by atomic mass is 10.3. The number of nitrogens with one attached hydrogen (secondary N) is 2. The molecular weight excluding hydrogens is 252 g/mol. The Hall–Kier alpha value is -1.44. The maximum absolute atomic E-state index is 12.4. The predicted molar refractivity (Wildman–Crippen MR) is 67.7 cm³/mol. The van der Waals surface area contributed by atoms with Gasteiger partial charge in [0.05, 0.1) is 11.0 Å². The van der Waals surface area contributed by atoms with E-state index in [1.54, 1.807) is 6.07 Å². The number of rotatable bonds is 2. The summed E-state index contributed by atoms with van der Waals surface area (Å²) in [7, 11) is -3.50. The van der Waals surface area contributed by atoms with Gasteiger partial charge in [0.2, 0.25) is 5.16 Å². The standard InChI is InChI=1S/C11H14N4O2S/c16-18(17,15-7-5-12-6-8-15)11-13-9-3-1-2-4-10(9)14-11/h1-4,12H,5-8H2,(H,13,14). The normalized spacial score (nSPS) is 18.2. The van der Waals surface area contributed by atoms with Crippen LogP contribution >= 0.6 is 0 Å². The summed E-state index contributed by atoms with van der Waals surface area (Å²) in [5.41, 5.74) is 1.41. The summed E-state index contributed by atoms with van der Waals surface area (Å²) >= 11 is 0. The molecule has 0 unspecified atom stereocenters. The number of hydrogen-bond donors (Lipinski definition) is 2. The fourth-order valence-electron chi connectivity index (χ4n) is 2.06. The number of imidazole rings is 1. The third-order valence-corrected chi connectivity index (χ3v) is 4.75. The minimum Gasteiger partial charge on any atom is -0.328 e. The van der Waals surface area contributed by atoms with E-state index in [0.717, 1.165) is 5.52 Å². The second kappa shape index (κ2) is 4.34. The van der Waals surface area contributed by atoms with Gasteiger partial charge in [-0.3, -0.25) is 0 Å². The molecule has 1 saturated heterocycles. The van der Waals surface area contributed by atoms with Crippen LogP contribution in [0.15, 0.2) is 29.4 Å². The molecule has 96 valence electrons. The lowest BCUT2D eigenvalue weighted by Crippen LogP contribution is -2.46. The molecule has 3 rings (SSSR count). The molecule has 0 amide bonds. The van der Waals surface area contributed by atoms with Gasteiger partial charge in [0.15, 0.2) is 0 Å². The summed E-state index contributed by atoms with van der Waals surface area (Å²) in [6.45, 7) is 2.33. The summed E-state index contributed by atoms with van der Waals surface area (Å²) in [5, 5.41) is 3.16. The van der Waals surface area contributed by atoms with Crippen molar-refractivity contribution in [2.24, 2.45) is 0 Å². The molecular formula is C11H14N4O2S. The van der Waals surface area contributed by atoms with Crippen LogP contribution in [0.25, 0.3) is 11.0 Å². The molecule has 1 aromatic carbocycles. The first kappa shape index (κ1) is 11.6. The number of nitrogens with zero attached hydrogens (tertiary/aromatic N) is 2. The third kappa shape index (κ3) is 1.90. The molecule has 1 fully saturated rings. The fraction of sp³-hybridized carbons (Fsp3) is 0.364. The second-order valence-electron chi connectivity index (χ2n) is 4.21. The van der Waals surface area contributed by atoms with Crippen molar-refractivity contribution in [1.29, 1.82) is 0 Å². The molecule has 0 bridgehead atoms. The zero-order valence-corrected chi connectivity index (χ0v) is 10.6. The Kier molecular flexibility index (Phi) is 2.81. The average molecular weight is 266 g/mol. The van der Waals surface area contributed by atoms with E-state index in [1.807, 2.05) is 18.2 Å². The van der Waals surface area contributed by atoms with Crippen molar-refractivity contribution in [3.8, 4) is 0 Å². The highest BCUT2D eigenvalue weighted by atomic mass is 32.2.